The Labute approximate surface area is 167 Å². The van der Waals surface area contributed by atoms with E-state index in [0.717, 1.165) is 19.3 Å². The number of carbonyl (C=O) groups excluding carboxylic acids is 1. The van der Waals surface area contributed by atoms with E-state index < -0.39 is 15.5 Å². The zero-order chi connectivity index (χ0) is 20.4. The minimum Gasteiger partial charge on any atom is -0.338 e. The normalized spacial score (nSPS) is 12.9. The molecular formula is C21H43NO4S. The second-order valence-corrected chi connectivity index (χ2v) is 9.28. The standard InChI is InChI=1S/C21H43NO4S/c1-3-5-6-7-8-9-10-11-12-13-14-15-16-17-18-19-20(23)22-21(4-2)27(24,25)26/h21H,3-19H2,1-2H3,(H,22,23)(H,24,25,26). The van der Waals surface area contributed by atoms with Crippen LogP contribution in [0.5, 0.6) is 0 Å². The average Bonchev–Trinajstić information content (AvgIpc) is 2.62. The minimum absolute atomic E-state index is 0.170. The van der Waals surface area contributed by atoms with Crippen LogP contribution in [-0.2, 0) is 14.9 Å². The van der Waals surface area contributed by atoms with Crippen LogP contribution in [0.25, 0.3) is 0 Å². The van der Waals surface area contributed by atoms with Crippen LogP contribution in [0.3, 0.4) is 0 Å². The van der Waals surface area contributed by atoms with Crippen molar-refractivity contribution in [2.75, 3.05) is 0 Å². The fourth-order valence-electron chi connectivity index (χ4n) is 3.30. The third-order valence-electron chi connectivity index (χ3n) is 5.06. The average molecular weight is 406 g/mol. The predicted molar refractivity (Wildman–Crippen MR) is 113 cm³/mol. The lowest BCUT2D eigenvalue weighted by molar-refractivity contribution is -0.121. The number of carbonyl (C=O) groups is 1. The van der Waals surface area contributed by atoms with E-state index in [-0.39, 0.29) is 12.3 Å². The second-order valence-electron chi connectivity index (χ2n) is 7.68. The second kappa shape index (κ2) is 17.5. The molecule has 0 bridgehead atoms. The van der Waals surface area contributed by atoms with E-state index in [1.807, 2.05) is 0 Å². The molecule has 27 heavy (non-hydrogen) atoms. The van der Waals surface area contributed by atoms with Crippen molar-refractivity contribution in [2.45, 2.75) is 128 Å². The van der Waals surface area contributed by atoms with Crippen molar-refractivity contribution in [3.63, 3.8) is 0 Å². The van der Waals surface area contributed by atoms with E-state index in [4.69, 9.17) is 4.55 Å². The van der Waals surface area contributed by atoms with Crippen LogP contribution in [0.4, 0.5) is 0 Å². The Bertz CT molecular complexity index is 451. The summed E-state index contributed by atoms with van der Waals surface area (Å²) in [7, 11) is -4.20. The molecule has 2 N–H and O–H groups in total. The van der Waals surface area contributed by atoms with Crippen molar-refractivity contribution in [3.05, 3.63) is 0 Å². The number of amides is 1. The molecule has 0 fully saturated rings. The predicted octanol–water partition coefficient (Wildman–Crippen LogP) is 5.99. The molecule has 0 spiro atoms. The van der Waals surface area contributed by atoms with Crippen molar-refractivity contribution in [3.8, 4) is 0 Å². The van der Waals surface area contributed by atoms with Gasteiger partial charge in [-0.3, -0.25) is 9.35 Å². The van der Waals surface area contributed by atoms with Crippen molar-refractivity contribution >= 4 is 16.0 Å². The Kier molecular flexibility index (Phi) is 17.1. The molecule has 0 aliphatic carbocycles. The van der Waals surface area contributed by atoms with Crippen LogP contribution in [0.2, 0.25) is 0 Å². The van der Waals surface area contributed by atoms with Gasteiger partial charge in [-0.2, -0.15) is 8.42 Å². The first-order chi connectivity index (χ1) is 12.9. The highest BCUT2D eigenvalue weighted by atomic mass is 32.2. The minimum atomic E-state index is -4.20. The molecule has 0 saturated carbocycles. The highest BCUT2D eigenvalue weighted by molar-refractivity contribution is 7.86. The van der Waals surface area contributed by atoms with Crippen LogP contribution in [0, 0.1) is 0 Å². The van der Waals surface area contributed by atoms with Gasteiger partial charge in [-0.15, -0.1) is 0 Å². The maximum atomic E-state index is 11.7. The number of unbranched alkanes of at least 4 members (excludes halogenated alkanes) is 14. The van der Waals surface area contributed by atoms with E-state index in [1.165, 1.54) is 77.0 Å². The first-order valence-corrected chi connectivity index (χ1v) is 12.7. The van der Waals surface area contributed by atoms with E-state index in [0.29, 0.717) is 6.42 Å². The maximum Gasteiger partial charge on any atom is 0.286 e. The molecule has 1 atom stereocenters. The van der Waals surface area contributed by atoms with E-state index in [2.05, 4.69) is 12.2 Å². The molecule has 0 rings (SSSR count). The van der Waals surface area contributed by atoms with Crippen molar-refractivity contribution in [1.29, 1.82) is 0 Å². The molecule has 1 amide bonds. The topological polar surface area (TPSA) is 83.5 Å². The number of hydrogen-bond acceptors (Lipinski definition) is 3. The fourth-order valence-corrected chi connectivity index (χ4v) is 4.00. The van der Waals surface area contributed by atoms with Crippen LogP contribution < -0.4 is 5.32 Å². The third-order valence-corrected chi connectivity index (χ3v) is 6.23. The summed E-state index contributed by atoms with van der Waals surface area (Å²) in [5.41, 5.74) is 0. The number of nitrogens with one attached hydrogen (secondary N) is 1. The van der Waals surface area contributed by atoms with Crippen LogP contribution in [-0.4, -0.2) is 24.3 Å². The first kappa shape index (κ1) is 26.4. The summed E-state index contributed by atoms with van der Waals surface area (Å²) in [5, 5.41) is 1.20. The fraction of sp³-hybridized carbons (Fsp3) is 0.952. The number of rotatable bonds is 19. The molecule has 5 nitrogen and oxygen atoms in total. The van der Waals surface area contributed by atoms with E-state index in [1.54, 1.807) is 6.92 Å². The van der Waals surface area contributed by atoms with Gasteiger partial charge in [0.15, 0.2) is 5.37 Å². The van der Waals surface area contributed by atoms with Gasteiger partial charge in [-0.25, -0.2) is 0 Å². The van der Waals surface area contributed by atoms with Crippen LogP contribution >= 0.6 is 0 Å². The molecule has 6 heteroatoms. The van der Waals surface area contributed by atoms with Gasteiger partial charge in [0.05, 0.1) is 0 Å². The summed E-state index contributed by atoms with van der Waals surface area (Å²) in [4.78, 5) is 11.7. The van der Waals surface area contributed by atoms with Crippen molar-refractivity contribution < 1.29 is 17.8 Å². The Balaban J connectivity index is 3.37. The molecule has 0 radical (unpaired) electrons. The lowest BCUT2D eigenvalue weighted by Crippen LogP contribution is -2.39. The molecule has 0 heterocycles. The molecule has 1 unspecified atom stereocenters. The van der Waals surface area contributed by atoms with Gasteiger partial charge in [0.2, 0.25) is 5.91 Å². The molecular weight excluding hydrogens is 362 g/mol. The van der Waals surface area contributed by atoms with Gasteiger partial charge in [0.25, 0.3) is 10.1 Å². The largest absolute Gasteiger partial charge is 0.338 e. The smallest absolute Gasteiger partial charge is 0.286 e. The quantitative estimate of drug-likeness (QED) is 0.204. The summed E-state index contributed by atoms with van der Waals surface area (Å²) < 4.78 is 31.1. The first-order valence-electron chi connectivity index (χ1n) is 11.2. The van der Waals surface area contributed by atoms with Gasteiger partial charge >= 0.3 is 0 Å². The molecule has 0 aliphatic heterocycles. The molecule has 0 aromatic heterocycles. The summed E-state index contributed by atoms with van der Waals surface area (Å²) in [6.45, 7) is 3.87. The molecule has 0 aliphatic rings. The van der Waals surface area contributed by atoms with Crippen molar-refractivity contribution in [1.82, 2.24) is 5.32 Å². The Morgan fingerprint density at radius 2 is 1.11 bits per heavy atom. The van der Waals surface area contributed by atoms with Gasteiger partial charge in [0, 0.05) is 6.42 Å². The molecule has 0 aromatic rings. The van der Waals surface area contributed by atoms with Crippen LogP contribution in [0.15, 0.2) is 0 Å². The Hall–Kier alpha value is -0.620. The van der Waals surface area contributed by atoms with Crippen LogP contribution in [0.1, 0.15) is 123 Å². The zero-order valence-corrected chi connectivity index (χ0v) is 18.5. The highest BCUT2D eigenvalue weighted by Gasteiger charge is 2.22. The van der Waals surface area contributed by atoms with Crippen molar-refractivity contribution in [2.24, 2.45) is 0 Å². The molecule has 0 aromatic carbocycles. The lowest BCUT2D eigenvalue weighted by atomic mass is 10.0. The summed E-state index contributed by atoms with van der Waals surface area (Å²) in [5.74, 6) is -0.297. The Morgan fingerprint density at radius 1 is 0.741 bits per heavy atom. The van der Waals surface area contributed by atoms with E-state index >= 15 is 0 Å². The van der Waals surface area contributed by atoms with Gasteiger partial charge in [-0.1, -0.05) is 104 Å². The summed E-state index contributed by atoms with van der Waals surface area (Å²) in [6, 6.07) is 0. The summed E-state index contributed by atoms with van der Waals surface area (Å²) >= 11 is 0. The number of hydrogen-bond donors (Lipinski definition) is 2. The highest BCUT2D eigenvalue weighted by Crippen LogP contribution is 2.13. The molecule has 162 valence electrons. The van der Waals surface area contributed by atoms with Gasteiger partial charge < -0.3 is 5.32 Å². The summed E-state index contributed by atoms with van der Waals surface area (Å²) in [6.07, 6.45) is 19.5. The van der Waals surface area contributed by atoms with Gasteiger partial charge in [-0.05, 0) is 12.8 Å². The SMILES string of the molecule is CCCCCCCCCCCCCCCCCC(=O)NC(CC)S(=O)(=O)O. The molecule has 0 saturated heterocycles. The van der Waals surface area contributed by atoms with Gasteiger partial charge in [0.1, 0.15) is 0 Å². The zero-order valence-electron chi connectivity index (χ0n) is 17.7. The monoisotopic (exact) mass is 405 g/mol. The lowest BCUT2D eigenvalue weighted by Gasteiger charge is -2.13. The third kappa shape index (κ3) is 17.2. The van der Waals surface area contributed by atoms with E-state index in [9.17, 15) is 13.2 Å². The maximum absolute atomic E-state index is 11.7. The Morgan fingerprint density at radius 3 is 1.44 bits per heavy atom.